The molecule has 1 atom stereocenters. The van der Waals surface area contributed by atoms with Crippen LogP contribution in [0.15, 0.2) is 212 Å². The van der Waals surface area contributed by atoms with Gasteiger partial charge in [0.05, 0.1) is 5.41 Å². The Hall–Kier alpha value is -8.00. The first-order valence-electron chi connectivity index (χ1n) is 28.5. The van der Waals surface area contributed by atoms with Crippen LogP contribution in [0, 0.1) is 6.92 Å². The molecule has 0 radical (unpaired) electrons. The van der Waals surface area contributed by atoms with Gasteiger partial charge in [-0.2, -0.15) is 0 Å². The van der Waals surface area contributed by atoms with Gasteiger partial charge in [0.25, 0.3) is 0 Å². The smallest absolute Gasteiger partial charge is 0.0719 e. The van der Waals surface area contributed by atoms with Crippen molar-refractivity contribution >= 4 is 39.3 Å². The molecule has 1 nitrogen and oxygen atoms in total. The van der Waals surface area contributed by atoms with Crippen molar-refractivity contribution in [2.45, 2.75) is 96.8 Å². The summed E-state index contributed by atoms with van der Waals surface area (Å²) in [4.78, 5) is 0. The van der Waals surface area contributed by atoms with Crippen LogP contribution < -0.4 is 5.32 Å². The van der Waals surface area contributed by atoms with Crippen LogP contribution >= 0.6 is 0 Å². The predicted molar refractivity (Wildman–Crippen MR) is 330 cm³/mol. The van der Waals surface area contributed by atoms with E-state index in [1.54, 1.807) is 5.57 Å². The van der Waals surface area contributed by atoms with Crippen molar-refractivity contribution in [2.24, 2.45) is 0 Å². The van der Waals surface area contributed by atoms with Crippen molar-refractivity contribution in [1.29, 1.82) is 0 Å². The molecule has 1 unspecified atom stereocenters. The standard InChI is InChI=1S/C60H51N.C16H18/c1-4-14-48-40(6-3)35-46-36-44(24-30-51(46)48)41-22-28-47(29-23-41)61-34-13-17-39(5-2)45-25-31-53-52-20-11-12-21-56(52)60(59(53)37-45)57-32-26-42-15-7-9-18-49(42)54(57)38-55-50-19-10-8-16-43(50)27-33-58(55)60;1-11-8-9-13-12-6-4-5-7-14(12)16(2,3)15(13)10-11/h5-7,9-13,15,17-33,36-37,61H,3-4,8,14,16,34-35,38H2,1-2H3;6-10H,4-5H2,1-3H3/b17-13-,39-5+;. The average Bonchev–Trinajstić information content (AvgIpc) is 4.20. The highest BCUT2D eigenvalue weighted by Gasteiger charge is 2.51. The van der Waals surface area contributed by atoms with E-state index >= 15 is 0 Å². The molecule has 0 aliphatic heterocycles. The summed E-state index contributed by atoms with van der Waals surface area (Å²) in [6.07, 6.45) is 27.3. The van der Waals surface area contributed by atoms with Gasteiger partial charge in [0, 0.05) is 17.6 Å². The number of fused-ring (bicyclic) bond motifs is 17. The van der Waals surface area contributed by atoms with Crippen LogP contribution in [0.4, 0.5) is 5.69 Å². The van der Waals surface area contributed by atoms with Crippen LogP contribution in [-0.4, -0.2) is 6.54 Å². The zero-order valence-corrected chi connectivity index (χ0v) is 45.6. The summed E-state index contributed by atoms with van der Waals surface area (Å²) >= 11 is 0. The number of benzene rings is 8. The molecule has 6 aliphatic carbocycles. The Kier molecular flexibility index (Phi) is 12.3. The van der Waals surface area contributed by atoms with Crippen LogP contribution in [0.5, 0.6) is 0 Å². The highest BCUT2D eigenvalue weighted by Crippen LogP contribution is 2.61. The predicted octanol–water partition coefficient (Wildman–Crippen LogP) is 19.5. The Morgan fingerprint density at radius 2 is 1.42 bits per heavy atom. The lowest BCUT2D eigenvalue weighted by atomic mass is 9.60. The summed E-state index contributed by atoms with van der Waals surface area (Å²) in [6, 6.07) is 57.9. The van der Waals surface area contributed by atoms with E-state index < -0.39 is 5.41 Å². The Bertz CT molecular complexity index is 3930. The summed E-state index contributed by atoms with van der Waals surface area (Å²) < 4.78 is 0. The fraction of sp³-hybridized carbons (Fsp3) is 0.211. The third kappa shape index (κ3) is 7.95. The summed E-state index contributed by atoms with van der Waals surface area (Å²) in [5, 5.41) is 6.33. The fourth-order valence-electron chi connectivity index (χ4n) is 14.4. The maximum Gasteiger partial charge on any atom is 0.0719 e. The topological polar surface area (TPSA) is 12.0 Å². The quantitative estimate of drug-likeness (QED) is 0.142. The van der Waals surface area contributed by atoms with Crippen molar-refractivity contribution in [3.05, 3.63) is 290 Å². The minimum absolute atomic E-state index is 0.202. The molecular weight excluding hydrogens is 927 g/mol. The molecule has 0 heterocycles. The number of rotatable bonds is 9. The van der Waals surface area contributed by atoms with Gasteiger partial charge >= 0.3 is 0 Å². The molecule has 378 valence electrons. The van der Waals surface area contributed by atoms with Gasteiger partial charge in [-0.3, -0.25) is 0 Å². The fourth-order valence-corrected chi connectivity index (χ4v) is 14.4. The van der Waals surface area contributed by atoms with Gasteiger partial charge in [-0.05, 0) is 210 Å². The summed E-state index contributed by atoms with van der Waals surface area (Å²) in [5.41, 5.74) is 33.1. The minimum Gasteiger partial charge on any atom is -0.382 e. The Labute approximate surface area is 457 Å². The number of aryl methyl sites for hydroxylation is 2. The molecule has 1 N–H and O–H groups in total. The van der Waals surface area contributed by atoms with E-state index in [1.807, 2.05) is 0 Å². The van der Waals surface area contributed by atoms with Crippen LogP contribution in [-0.2, 0) is 30.1 Å². The van der Waals surface area contributed by atoms with Crippen LogP contribution in [0.2, 0.25) is 0 Å². The normalized spacial score (nSPS) is 17.8. The Morgan fingerprint density at radius 1 is 0.649 bits per heavy atom. The highest BCUT2D eigenvalue weighted by molar-refractivity contribution is 5.96. The number of hydrogen-bond acceptors (Lipinski definition) is 1. The van der Waals surface area contributed by atoms with Gasteiger partial charge in [-0.15, -0.1) is 0 Å². The molecule has 1 spiro atoms. The molecule has 14 rings (SSSR count). The SMILES string of the molecule is C=CC1=C(CCC)c2ccc(-c3ccc(NC/C=C\C(=C/C)c4ccc5c(c4)C4(c6ccccc6-5)c5ccc6c(c5Cc5c4ccc4ccccc54)C=CCC6)cc3)cc2C1.Cc1ccc2c(c1)C(C)(C)C1=CCCC=C12. The maximum absolute atomic E-state index is 4.10. The molecule has 6 aliphatic rings. The minimum atomic E-state index is -0.422. The van der Waals surface area contributed by atoms with E-state index in [-0.39, 0.29) is 5.41 Å². The number of nitrogens with one attached hydrogen (secondary N) is 1. The van der Waals surface area contributed by atoms with E-state index in [1.165, 1.54) is 146 Å². The Balaban J connectivity index is 0.000000301. The largest absolute Gasteiger partial charge is 0.382 e. The second-order valence-corrected chi connectivity index (χ2v) is 22.7. The lowest BCUT2D eigenvalue weighted by molar-refractivity contribution is 0.654. The van der Waals surface area contributed by atoms with Gasteiger partial charge in [-0.25, -0.2) is 0 Å². The summed E-state index contributed by atoms with van der Waals surface area (Å²) in [6.45, 7) is 16.1. The number of anilines is 1. The first-order valence-corrected chi connectivity index (χ1v) is 28.5. The monoisotopic (exact) mass is 996 g/mol. The first-order chi connectivity index (χ1) is 37.7. The molecule has 77 heavy (non-hydrogen) atoms. The second kappa shape index (κ2) is 19.5. The molecule has 0 aromatic heterocycles. The lowest BCUT2D eigenvalue weighted by Gasteiger charge is -2.42. The highest BCUT2D eigenvalue weighted by atomic mass is 14.8. The van der Waals surface area contributed by atoms with Gasteiger partial charge in [0.1, 0.15) is 0 Å². The maximum atomic E-state index is 4.10. The molecule has 0 saturated heterocycles. The molecule has 0 amide bonds. The average molecular weight is 996 g/mol. The van der Waals surface area contributed by atoms with Crippen molar-refractivity contribution in [1.82, 2.24) is 0 Å². The lowest BCUT2D eigenvalue weighted by Crippen LogP contribution is -2.35. The second-order valence-electron chi connectivity index (χ2n) is 22.7. The van der Waals surface area contributed by atoms with E-state index in [4.69, 9.17) is 0 Å². The van der Waals surface area contributed by atoms with Gasteiger partial charge in [-0.1, -0.05) is 221 Å². The zero-order chi connectivity index (χ0) is 52.4. The van der Waals surface area contributed by atoms with Gasteiger partial charge < -0.3 is 5.32 Å². The molecule has 8 aromatic rings. The van der Waals surface area contributed by atoms with Crippen LogP contribution in [0.1, 0.15) is 138 Å². The van der Waals surface area contributed by atoms with Crippen LogP contribution in [0.25, 0.3) is 55.8 Å². The van der Waals surface area contributed by atoms with Crippen molar-refractivity contribution in [2.75, 3.05) is 11.9 Å². The molecular formula is C76H69N. The number of allylic oxidation sites excluding steroid dienone is 11. The first kappa shape index (κ1) is 48.6. The van der Waals surface area contributed by atoms with Crippen molar-refractivity contribution in [3.8, 4) is 22.3 Å². The third-order valence-corrected chi connectivity index (χ3v) is 18.1. The van der Waals surface area contributed by atoms with E-state index in [0.717, 1.165) is 50.8 Å². The van der Waals surface area contributed by atoms with E-state index in [0.29, 0.717) is 0 Å². The molecule has 0 fully saturated rings. The van der Waals surface area contributed by atoms with Crippen molar-refractivity contribution < 1.29 is 0 Å². The summed E-state index contributed by atoms with van der Waals surface area (Å²) in [5.74, 6) is 0. The van der Waals surface area contributed by atoms with Gasteiger partial charge in [0.15, 0.2) is 0 Å². The molecule has 0 bridgehead atoms. The molecule has 1 heteroatoms. The van der Waals surface area contributed by atoms with Crippen molar-refractivity contribution in [3.63, 3.8) is 0 Å². The Morgan fingerprint density at radius 3 is 2.27 bits per heavy atom. The van der Waals surface area contributed by atoms with E-state index in [2.05, 4.69) is 247 Å². The number of hydrogen-bond donors (Lipinski definition) is 1. The zero-order valence-electron chi connectivity index (χ0n) is 45.6. The van der Waals surface area contributed by atoms with E-state index in [9.17, 15) is 0 Å². The van der Waals surface area contributed by atoms with Crippen LogP contribution in [0.3, 0.4) is 0 Å². The van der Waals surface area contributed by atoms with Gasteiger partial charge in [0.2, 0.25) is 0 Å². The third-order valence-electron chi connectivity index (χ3n) is 18.1. The molecule has 8 aromatic carbocycles. The summed E-state index contributed by atoms with van der Waals surface area (Å²) in [7, 11) is 0. The molecule has 0 saturated carbocycles.